The first-order valence-electron chi connectivity index (χ1n) is 8.62. The van der Waals surface area contributed by atoms with Gasteiger partial charge >= 0.3 is 0 Å². The third-order valence-electron chi connectivity index (χ3n) is 4.09. The molecule has 0 aliphatic rings. The highest BCUT2D eigenvalue weighted by molar-refractivity contribution is 8.00. The van der Waals surface area contributed by atoms with Gasteiger partial charge in [-0.25, -0.2) is 4.68 Å². The van der Waals surface area contributed by atoms with Gasteiger partial charge in [-0.05, 0) is 24.6 Å². The highest BCUT2D eigenvalue weighted by atomic mass is 32.2. The van der Waals surface area contributed by atoms with Crippen LogP contribution < -0.4 is 5.32 Å². The van der Waals surface area contributed by atoms with E-state index in [0.29, 0.717) is 10.7 Å². The van der Waals surface area contributed by atoms with Crippen LogP contribution in [-0.4, -0.2) is 25.9 Å². The smallest absolute Gasteiger partial charge is 0.260 e. The summed E-state index contributed by atoms with van der Waals surface area (Å²) in [4.78, 5) is 12.6. The van der Waals surface area contributed by atoms with Crippen LogP contribution in [0.5, 0.6) is 0 Å². The Morgan fingerprint density at radius 1 is 1.07 bits per heavy atom. The number of anilines is 1. The lowest BCUT2D eigenvalue weighted by Crippen LogP contribution is -2.13. The van der Waals surface area contributed by atoms with Crippen molar-refractivity contribution >= 4 is 34.1 Å². The zero-order valence-corrected chi connectivity index (χ0v) is 16.7. The van der Waals surface area contributed by atoms with E-state index in [4.69, 9.17) is 0 Å². The molecule has 6 nitrogen and oxygen atoms in total. The molecule has 0 unspecified atom stereocenters. The molecule has 0 bridgehead atoms. The number of para-hydroxylation sites is 1. The molecule has 0 aliphatic heterocycles. The minimum Gasteiger partial charge on any atom is -0.296 e. The van der Waals surface area contributed by atoms with E-state index < -0.39 is 0 Å². The number of nitrogens with one attached hydrogen (secondary N) is 1. The Morgan fingerprint density at radius 2 is 1.79 bits per heavy atom. The lowest BCUT2D eigenvalue weighted by molar-refractivity contribution is 0.102. The minimum absolute atomic E-state index is 0.240. The van der Waals surface area contributed by atoms with Crippen LogP contribution in [0.25, 0.3) is 5.69 Å². The average Bonchev–Trinajstić information content (AvgIpc) is 3.34. The Kier molecular flexibility index (Phi) is 5.50. The summed E-state index contributed by atoms with van der Waals surface area (Å²) in [6, 6.07) is 19.9. The maximum Gasteiger partial charge on any atom is 0.260 e. The number of rotatable bonds is 6. The quantitative estimate of drug-likeness (QED) is 0.374. The Morgan fingerprint density at radius 3 is 2.54 bits per heavy atom. The zero-order valence-electron chi connectivity index (χ0n) is 15.1. The number of amides is 1. The SMILES string of the molecule is Cc1c(C(=O)Nc2nnc(SCc3ccccc3)s2)cnn1-c1ccccc1. The van der Waals surface area contributed by atoms with Gasteiger partial charge < -0.3 is 0 Å². The lowest BCUT2D eigenvalue weighted by atomic mass is 10.2. The van der Waals surface area contributed by atoms with E-state index in [1.807, 2.05) is 55.5 Å². The van der Waals surface area contributed by atoms with Crippen molar-refractivity contribution in [2.75, 3.05) is 5.32 Å². The summed E-state index contributed by atoms with van der Waals surface area (Å²) >= 11 is 2.96. The largest absolute Gasteiger partial charge is 0.296 e. The van der Waals surface area contributed by atoms with E-state index in [0.717, 1.165) is 21.5 Å². The van der Waals surface area contributed by atoms with Gasteiger partial charge in [-0.2, -0.15) is 5.10 Å². The monoisotopic (exact) mass is 407 g/mol. The predicted molar refractivity (Wildman–Crippen MR) is 112 cm³/mol. The summed E-state index contributed by atoms with van der Waals surface area (Å²) in [7, 11) is 0. The average molecular weight is 408 g/mol. The third-order valence-corrected chi connectivity index (χ3v) is 6.13. The number of aromatic nitrogens is 4. The van der Waals surface area contributed by atoms with Crippen molar-refractivity contribution in [2.45, 2.75) is 17.0 Å². The number of carbonyl (C=O) groups is 1. The number of hydrogen-bond donors (Lipinski definition) is 1. The van der Waals surface area contributed by atoms with E-state index in [1.54, 1.807) is 22.6 Å². The van der Waals surface area contributed by atoms with Gasteiger partial charge in [-0.3, -0.25) is 10.1 Å². The summed E-state index contributed by atoms with van der Waals surface area (Å²) in [6.07, 6.45) is 1.57. The first-order valence-corrected chi connectivity index (χ1v) is 10.4. The zero-order chi connectivity index (χ0) is 19.3. The van der Waals surface area contributed by atoms with Crippen molar-refractivity contribution < 1.29 is 4.79 Å². The lowest BCUT2D eigenvalue weighted by Gasteiger charge is -2.05. The summed E-state index contributed by atoms with van der Waals surface area (Å²) in [5, 5.41) is 15.9. The van der Waals surface area contributed by atoms with E-state index in [9.17, 15) is 4.79 Å². The molecule has 28 heavy (non-hydrogen) atoms. The molecular weight excluding hydrogens is 390 g/mol. The molecule has 1 amide bonds. The van der Waals surface area contributed by atoms with Crippen molar-refractivity contribution in [1.82, 2.24) is 20.0 Å². The van der Waals surface area contributed by atoms with Gasteiger partial charge in [-0.1, -0.05) is 71.6 Å². The standard InChI is InChI=1S/C20H17N5OS2/c1-14-17(12-21-25(14)16-10-6-3-7-11-16)18(26)22-19-23-24-20(28-19)27-13-15-8-4-2-5-9-15/h2-12H,13H2,1H3,(H,22,23,26). The second kappa shape index (κ2) is 8.37. The molecule has 0 aliphatic carbocycles. The van der Waals surface area contributed by atoms with Gasteiger partial charge in [0.25, 0.3) is 5.91 Å². The van der Waals surface area contributed by atoms with Crippen molar-refractivity contribution in [1.29, 1.82) is 0 Å². The van der Waals surface area contributed by atoms with Crippen LogP contribution in [0.1, 0.15) is 21.6 Å². The molecule has 0 saturated heterocycles. The fourth-order valence-corrected chi connectivity index (χ4v) is 4.37. The van der Waals surface area contributed by atoms with Crippen LogP contribution >= 0.6 is 23.1 Å². The molecule has 1 N–H and O–H groups in total. The molecule has 0 radical (unpaired) electrons. The van der Waals surface area contributed by atoms with Crippen LogP contribution in [0.2, 0.25) is 0 Å². The first-order chi connectivity index (χ1) is 13.7. The van der Waals surface area contributed by atoms with E-state index in [-0.39, 0.29) is 5.91 Å². The van der Waals surface area contributed by atoms with Crippen molar-refractivity contribution in [3.63, 3.8) is 0 Å². The van der Waals surface area contributed by atoms with Crippen LogP contribution in [0.4, 0.5) is 5.13 Å². The maximum atomic E-state index is 12.6. The van der Waals surface area contributed by atoms with Crippen molar-refractivity contribution in [2.24, 2.45) is 0 Å². The van der Waals surface area contributed by atoms with Crippen LogP contribution in [-0.2, 0) is 5.75 Å². The Bertz CT molecular complexity index is 1080. The molecule has 2 heterocycles. The summed E-state index contributed by atoms with van der Waals surface area (Å²) in [6.45, 7) is 1.87. The number of benzene rings is 2. The minimum atomic E-state index is -0.240. The Hall–Kier alpha value is -2.97. The third kappa shape index (κ3) is 4.13. The normalized spacial score (nSPS) is 10.8. The van der Waals surface area contributed by atoms with E-state index >= 15 is 0 Å². The Balaban J connectivity index is 1.42. The van der Waals surface area contributed by atoms with Crippen molar-refractivity contribution in [3.8, 4) is 5.69 Å². The fourth-order valence-electron chi connectivity index (χ4n) is 2.66. The maximum absolute atomic E-state index is 12.6. The molecule has 0 spiro atoms. The highest BCUT2D eigenvalue weighted by Crippen LogP contribution is 2.28. The molecule has 8 heteroatoms. The second-order valence-electron chi connectivity index (χ2n) is 5.99. The van der Waals surface area contributed by atoms with Gasteiger partial charge in [0.2, 0.25) is 5.13 Å². The molecule has 0 atom stereocenters. The van der Waals surface area contributed by atoms with Crippen LogP contribution in [0, 0.1) is 6.92 Å². The predicted octanol–water partition coefficient (Wildman–Crippen LogP) is 4.58. The van der Waals surface area contributed by atoms with Crippen LogP contribution in [0.15, 0.2) is 71.2 Å². The summed E-state index contributed by atoms with van der Waals surface area (Å²) < 4.78 is 2.56. The number of hydrogen-bond acceptors (Lipinski definition) is 6. The van der Waals surface area contributed by atoms with E-state index in [2.05, 4.69) is 32.7 Å². The fraction of sp³-hybridized carbons (Fsp3) is 0.100. The molecule has 140 valence electrons. The van der Waals surface area contributed by atoms with Crippen molar-refractivity contribution in [3.05, 3.63) is 83.7 Å². The molecule has 2 aromatic heterocycles. The van der Waals surface area contributed by atoms with Crippen LogP contribution in [0.3, 0.4) is 0 Å². The molecule has 0 saturated carbocycles. The van der Waals surface area contributed by atoms with Gasteiger partial charge in [0.15, 0.2) is 4.34 Å². The molecule has 4 aromatic rings. The second-order valence-corrected chi connectivity index (χ2v) is 8.19. The highest BCUT2D eigenvalue weighted by Gasteiger charge is 2.17. The summed E-state index contributed by atoms with van der Waals surface area (Å²) in [5.41, 5.74) is 3.41. The number of carbonyl (C=O) groups excluding carboxylic acids is 1. The number of nitrogens with zero attached hydrogens (tertiary/aromatic N) is 4. The van der Waals surface area contributed by atoms with Gasteiger partial charge in [0.1, 0.15) is 0 Å². The van der Waals surface area contributed by atoms with Gasteiger partial charge in [0, 0.05) is 5.75 Å². The molecule has 4 rings (SSSR count). The molecule has 2 aromatic carbocycles. The first kappa shape index (κ1) is 18.4. The van der Waals surface area contributed by atoms with E-state index in [1.165, 1.54) is 16.9 Å². The number of thioether (sulfide) groups is 1. The van der Waals surface area contributed by atoms with Gasteiger partial charge in [-0.15, -0.1) is 10.2 Å². The molecular formula is C20H17N5OS2. The summed E-state index contributed by atoms with van der Waals surface area (Å²) in [5.74, 6) is 0.572. The topological polar surface area (TPSA) is 72.7 Å². The Labute approximate surface area is 170 Å². The molecule has 0 fully saturated rings. The van der Waals surface area contributed by atoms with Gasteiger partial charge in [0.05, 0.1) is 23.1 Å².